The highest BCUT2D eigenvalue weighted by Crippen LogP contribution is 2.25. The van der Waals surface area contributed by atoms with Crippen LogP contribution < -0.4 is 5.73 Å². The van der Waals surface area contributed by atoms with Gasteiger partial charge in [-0.1, -0.05) is 58.9 Å². The molecule has 0 amide bonds. The third kappa shape index (κ3) is 3.16. The lowest BCUT2D eigenvalue weighted by molar-refractivity contribution is 0.547. The maximum atomic E-state index is 5.92. The van der Waals surface area contributed by atoms with Crippen LogP contribution in [0.25, 0.3) is 11.3 Å². The zero-order chi connectivity index (χ0) is 14.9. The molecule has 0 saturated carbocycles. The molecule has 0 saturated heterocycles. The van der Waals surface area contributed by atoms with Crippen LogP contribution in [0.4, 0.5) is 5.82 Å². The summed E-state index contributed by atoms with van der Waals surface area (Å²) in [5.41, 5.74) is 9.10. The van der Waals surface area contributed by atoms with E-state index in [1.54, 1.807) is 0 Å². The number of nitrogens with zero attached hydrogens (tertiary/aromatic N) is 2. The maximum absolute atomic E-state index is 5.92. The Morgan fingerprint density at radius 3 is 2.10 bits per heavy atom. The molecule has 2 aromatic rings. The lowest BCUT2D eigenvalue weighted by atomic mass is 9.95. The number of rotatable bonds is 2. The van der Waals surface area contributed by atoms with Crippen molar-refractivity contribution in [3.8, 4) is 11.3 Å². The summed E-state index contributed by atoms with van der Waals surface area (Å²) in [5, 5.41) is 0. The molecule has 0 aliphatic heterocycles. The predicted octanol–water partition coefficient (Wildman–Crippen LogP) is 4.15. The number of nitrogen functional groups attached to an aromatic ring is 1. The molecule has 1 heterocycles. The van der Waals surface area contributed by atoms with E-state index in [1.165, 1.54) is 5.56 Å². The van der Waals surface area contributed by atoms with Crippen molar-refractivity contribution >= 4 is 5.82 Å². The molecule has 0 radical (unpaired) electrons. The zero-order valence-electron chi connectivity index (χ0n) is 12.9. The van der Waals surface area contributed by atoms with Gasteiger partial charge in [0, 0.05) is 17.0 Å². The van der Waals surface area contributed by atoms with E-state index in [-0.39, 0.29) is 5.41 Å². The van der Waals surface area contributed by atoms with E-state index in [9.17, 15) is 0 Å². The van der Waals surface area contributed by atoms with Gasteiger partial charge in [0.15, 0.2) is 0 Å². The second kappa shape index (κ2) is 5.23. The molecule has 1 aromatic carbocycles. The van der Waals surface area contributed by atoms with Gasteiger partial charge < -0.3 is 5.73 Å². The van der Waals surface area contributed by atoms with E-state index in [0.717, 1.165) is 17.1 Å². The largest absolute Gasteiger partial charge is 0.384 e. The van der Waals surface area contributed by atoms with Crippen molar-refractivity contribution in [3.63, 3.8) is 0 Å². The Morgan fingerprint density at radius 1 is 1.00 bits per heavy atom. The van der Waals surface area contributed by atoms with Crippen LogP contribution in [0, 0.1) is 0 Å². The van der Waals surface area contributed by atoms with Gasteiger partial charge in [0.05, 0.1) is 5.69 Å². The summed E-state index contributed by atoms with van der Waals surface area (Å²) in [6.45, 7) is 10.7. The van der Waals surface area contributed by atoms with Crippen LogP contribution in [0.3, 0.4) is 0 Å². The Kier molecular flexibility index (Phi) is 3.80. The lowest BCUT2D eigenvalue weighted by Crippen LogP contribution is -2.17. The van der Waals surface area contributed by atoms with E-state index in [0.29, 0.717) is 11.7 Å². The average molecular weight is 269 g/mol. The van der Waals surface area contributed by atoms with Gasteiger partial charge in [0.2, 0.25) is 0 Å². The van der Waals surface area contributed by atoms with Crippen molar-refractivity contribution in [3.05, 3.63) is 41.7 Å². The third-order valence-electron chi connectivity index (χ3n) is 3.29. The normalized spacial score (nSPS) is 11.9. The molecule has 0 fully saturated rings. The molecule has 106 valence electrons. The van der Waals surface area contributed by atoms with E-state index >= 15 is 0 Å². The lowest BCUT2D eigenvalue weighted by Gasteiger charge is -2.18. The van der Waals surface area contributed by atoms with Gasteiger partial charge in [-0.3, -0.25) is 0 Å². The summed E-state index contributed by atoms with van der Waals surface area (Å²) in [4.78, 5) is 9.00. The molecule has 0 spiro atoms. The number of hydrogen-bond acceptors (Lipinski definition) is 3. The van der Waals surface area contributed by atoms with Crippen LogP contribution in [-0.4, -0.2) is 9.97 Å². The molecule has 0 bridgehead atoms. The number of aromatic nitrogens is 2. The summed E-state index contributed by atoms with van der Waals surface area (Å²) in [6.07, 6.45) is 0. The zero-order valence-corrected chi connectivity index (χ0v) is 12.9. The number of nitrogens with two attached hydrogens (primary N) is 1. The van der Waals surface area contributed by atoms with Gasteiger partial charge >= 0.3 is 0 Å². The molecule has 0 atom stereocenters. The highest BCUT2D eigenvalue weighted by Gasteiger charge is 2.19. The molecule has 20 heavy (non-hydrogen) atoms. The number of benzene rings is 1. The molecular weight excluding hydrogens is 246 g/mol. The molecule has 0 unspecified atom stereocenters. The second-order valence-electron chi connectivity index (χ2n) is 6.53. The van der Waals surface area contributed by atoms with E-state index in [1.807, 2.05) is 6.07 Å². The van der Waals surface area contributed by atoms with Crippen LogP contribution in [0.1, 0.15) is 51.9 Å². The van der Waals surface area contributed by atoms with Crippen LogP contribution in [0.2, 0.25) is 0 Å². The standard InChI is InChI=1S/C17H23N3/c1-11(2)12-6-8-13(9-7-12)14-10-15(18)20-16(19-14)17(3,4)5/h6-11H,1-5H3,(H2,18,19,20). The molecule has 3 heteroatoms. The fraction of sp³-hybridized carbons (Fsp3) is 0.412. The van der Waals surface area contributed by atoms with Crippen molar-refractivity contribution < 1.29 is 0 Å². The first-order valence-corrected chi connectivity index (χ1v) is 7.03. The number of anilines is 1. The minimum Gasteiger partial charge on any atom is -0.384 e. The summed E-state index contributed by atoms with van der Waals surface area (Å²) < 4.78 is 0. The van der Waals surface area contributed by atoms with E-state index in [2.05, 4.69) is 68.9 Å². The Labute approximate surface area is 121 Å². The average Bonchev–Trinajstić information content (AvgIpc) is 2.37. The van der Waals surface area contributed by atoms with Gasteiger partial charge in [0.1, 0.15) is 11.6 Å². The summed E-state index contributed by atoms with van der Waals surface area (Å²) in [6, 6.07) is 10.3. The Hall–Kier alpha value is -1.90. The van der Waals surface area contributed by atoms with Crippen molar-refractivity contribution in [2.75, 3.05) is 5.73 Å². The first-order chi connectivity index (χ1) is 9.27. The molecule has 2 rings (SSSR count). The fourth-order valence-corrected chi connectivity index (χ4v) is 1.99. The van der Waals surface area contributed by atoms with Gasteiger partial charge in [-0.15, -0.1) is 0 Å². The monoisotopic (exact) mass is 269 g/mol. The maximum Gasteiger partial charge on any atom is 0.136 e. The van der Waals surface area contributed by atoms with Crippen LogP contribution in [-0.2, 0) is 5.41 Å². The van der Waals surface area contributed by atoms with Crippen LogP contribution in [0.15, 0.2) is 30.3 Å². The smallest absolute Gasteiger partial charge is 0.136 e. The van der Waals surface area contributed by atoms with Gasteiger partial charge in [-0.2, -0.15) is 0 Å². The van der Waals surface area contributed by atoms with Crippen LogP contribution in [0.5, 0.6) is 0 Å². The predicted molar refractivity (Wildman–Crippen MR) is 84.7 cm³/mol. The molecule has 2 N–H and O–H groups in total. The van der Waals surface area contributed by atoms with Crippen molar-refractivity contribution in [2.45, 2.75) is 46.0 Å². The summed E-state index contributed by atoms with van der Waals surface area (Å²) in [7, 11) is 0. The Bertz CT molecular complexity index is 593. The first-order valence-electron chi connectivity index (χ1n) is 7.03. The van der Waals surface area contributed by atoms with Crippen molar-refractivity contribution in [1.82, 2.24) is 9.97 Å². The molecule has 3 nitrogen and oxygen atoms in total. The minimum absolute atomic E-state index is 0.109. The Morgan fingerprint density at radius 2 is 1.60 bits per heavy atom. The van der Waals surface area contributed by atoms with Gasteiger partial charge in [-0.25, -0.2) is 9.97 Å². The van der Waals surface area contributed by atoms with Gasteiger partial charge in [0.25, 0.3) is 0 Å². The second-order valence-corrected chi connectivity index (χ2v) is 6.53. The molecule has 0 aliphatic carbocycles. The quantitative estimate of drug-likeness (QED) is 0.891. The van der Waals surface area contributed by atoms with Gasteiger partial charge in [-0.05, 0) is 11.5 Å². The van der Waals surface area contributed by atoms with Crippen molar-refractivity contribution in [1.29, 1.82) is 0 Å². The van der Waals surface area contributed by atoms with E-state index < -0.39 is 0 Å². The van der Waals surface area contributed by atoms with Crippen LogP contribution >= 0.6 is 0 Å². The van der Waals surface area contributed by atoms with Crippen molar-refractivity contribution in [2.24, 2.45) is 0 Å². The molecular formula is C17H23N3. The highest BCUT2D eigenvalue weighted by atomic mass is 15.0. The molecule has 0 aliphatic rings. The highest BCUT2D eigenvalue weighted by molar-refractivity contribution is 5.62. The summed E-state index contributed by atoms with van der Waals surface area (Å²) >= 11 is 0. The van der Waals surface area contributed by atoms with E-state index in [4.69, 9.17) is 5.73 Å². The Balaban J connectivity index is 2.44. The topological polar surface area (TPSA) is 51.8 Å². The molecule has 1 aromatic heterocycles. The fourth-order valence-electron chi connectivity index (χ4n) is 1.99. The minimum atomic E-state index is -0.109. The third-order valence-corrected chi connectivity index (χ3v) is 3.29. The number of hydrogen-bond donors (Lipinski definition) is 1. The first kappa shape index (κ1) is 14.5. The SMILES string of the molecule is CC(C)c1ccc(-c2cc(N)nc(C(C)(C)C)n2)cc1. The summed E-state index contributed by atoms with van der Waals surface area (Å²) in [5.74, 6) is 1.83.